The summed E-state index contributed by atoms with van der Waals surface area (Å²) in [5, 5.41) is 0. The molecule has 11 rings (SSSR count). The first-order chi connectivity index (χ1) is 18.0. The molecule has 2 atom stereocenters. The van der Waals surface area contributed by atoms with Crippen LogP contribution in [0, 0.1) is 42.4 Å². The van der Waals surface area contributed by atoms with Gasteiger partial charge in [-0.05, 0) is 125 Å². The summed E-state index contributed by atoms with van der Waals surface area (Å²) >= 11 is 0. The number of benzene rings is 1. The molecule has 0 aromatic heterocycles. The van der Waals surface area contributed by atoms with Gasteiger partial charge >= 0.3 is 0 Å². The topological polar surface area (TPSA) is 43.5 Å². The predicted octanol–water partition coefficient (Wildman–Crippen LogP) is 6.49. The number of ether oxygens (including phenoxy) is 4. The first-order valence-electron chi connectivity index (χ1n) is 15.7. The molecular weight excluding hydrogens is 460 g/mol. The van der Waals surface area contributed by atoms with Crippen LogP contribution >= 0.6 is 0 Å². The molecule has 2 unspecified atom stereocenters. The zero-order valence-electron chi connectivity index (χ0n) is 22.6. The summed E-state index contributed by atoms with van der Waals surface area (Å²) in [6, 6.07) is 2.37. The number of rotatable bonds is 8. The van der Waals surface area contributed by atoms with Crippen LogP contribution in [-0.4, -0.2) is 38.6 Å². The molecule has 1 aromatic carbocycles. The van der Waals surface area contributed by atoms with Gasteiger partial charge in [0.1, 0.15) is 36.9 Å². The van der Waals surface area contributed by atoms with E-state index in [2.05, 4.69) is 13.0 Å². The summed E-state index contributed by atoms with van der Waals surface area (Å²) in [4.78, 5) is 0. The van der Waals surface area contributed by atoms with Crippen molar-refractivity contribution in [3.63, 3.8) is 0 Å². The molecule has 8 bridgehead atoms. The van der Waals surface area contributed by atoms with E-state index in [4.69, 9.17) is 18.9 Å². The molecule has 10 fully saturated rings. The maximum Gasteiger partial charge on any atom is 0.127 e. The predicted molar refractivity (Wildman–Crippen MR) is 141 cm³/mol. The van der Waals surface area contributed by atoms with E-state index in [1.165, 1.54) is 77.0 Å². The van der Waals surface area contributed by atoms with E-state index < -0.39 is 0 Å². The molecule has 2 saturated heterocycles. The fourth-order valence-electron chi connectivity index (χ4n) is 11.8. The lowest BCUT2D eigenvalue weighted by atomic mass is 9.45. The molecule has 0 spiro atoms. The van der Waals surface area contributed by atoms with Gasteiger partial charge in [-0.3, -0.25) is 0 Å². The third-order valence-electron chi connectivity index (χ3n) is 12.3. The molecule has 0 radical (unpaired) electrons. The molecule has 37 heavy (non-hydrogen) atoms. The second kappa shape index (κ2) is 7.90. The Bertz CT molecular complexity index is 945. The van der Waals surface area contributed by atoms with Crippen LogP contribution in [0.4, 0.5) is 0 Å². The zero-order valence-corrected chi connectivity index (χ0v) is 22.6. The minimum atomic E-state index is 0.275. The van der Waals surface area contributed by atoms with Gasteiger partial charge in [0.25, 0.3) is 0 Å². The molecule has 8 aliphatic carbocycles. The van der Waals surface area contributed by atoms with E-state index >= 15 is 0 Å². The van der Waals surface area contributed by atoms with Crippen molar-refractivity contribution in [3.8, 4) is 11.5 Å². The summed E-state index contributed by atoms with van der Waals surface area (Å²) in [5.41, 5.74) is 5.40. The van der Waals surface area contributed by atoms with Crippen LogP contribution < -0.4 is 9.47 Å². The fraction of sp³-hybridized carbons (Fsp3) is 0.818. The number of hydrogen-bond acceptors (Lipinski definition) is 4. The normalized spacial score (nSPS) is 47.9. The van der Waals surface area contributed by atoms with Crippen LogP contribution in [0.15, 0.2) is 6.07 Å². The maximum absolute atomic E-state index is 6.73. The maximum atomic E-state index is 6.73. The molecule has 4 nitrogen and oxygen atoms in total. The third-order valence-corrected chi connectivity index (χ3v) is 12.3. The van der Waals surface area contributed by atoms with Gasteiger partial charge in [-0.25, -0.2) is 0 Å². The van der Waals surface area contributed by atoms with Gasteiger partial charge in [-0.1, -0.05) is 0 Å². The Labute approximate surface area is 222 Å². The van der Waals surface area contributed by atoms with Gasteiger partial charge in [0.2, 0.25) is 0 Å². The lowest BCUT2D eigenvalue weighted by Crippen LogP contribution is -2.50. The highest BCUT2D eigenvalue weighted by Gasteiger charge is 2.56. The van der Waals surface area contributed by atoms with Crippen LogP contribution in [0.5, 0.6) is 11.5 Å². The molecule has 0 amide bonds. The highest BCUT2D eigenvalue weighted by molar-refractivity contribution is 5.59. The lowest BCUT2D eigenvalue weighted by Gasteiger charge is -2.59. The van der Waals surface area contributed by atoms with Crippen molar-refractivity contribution >= 4 is 0 Å². The van der Waals surface area contributed by atoms with E-state index in [1.807, 2.05) is 0 Å². The van der Waals surface area contributed by atoms with Crippen molar-refractivity contribution in [3.05, 3.63) is 22.8 Å². The van der Waals surface area contributed by atoms with Crippen molar-refractivity contribution in [2.75, 3.05) is 26.4 Å². The van der Waals surface area contributed by atoms with E-state index in [0.717, 1.165) is 60.2 Å². The summed E-state index contributed by atoms with van der Waals surface area (Å²) in [7, 11) is 0. The Morgan fingerprint density at radius 2 is 0.946 bits per heavy atom. The Hall–Kier alpha value is -1.26. The van der Waals surface area contributed by atoms with Crippen LogP contribution in [-0.2, 0) is 20.3 Å². The molecule has 4 heteroatoms. The van der Waals surface area contributed by atoms with Gasteiger partial charge in [0, 0.05) is 28.0 Å². The average molecular weight is 505 g/mol. The first-order valence-corrected chi connectivity index (χ1v) is 15.7. The minimum absolute atomic E-state index is 0.275. The van der Waals surface area contributed by atoms with Crippen molar-refractivity contribution in [1.29, 1.82) is 0 Å². The van der Waals surface area contributed by atoms with Gasteiger partial charge in [0.05, 0.1) is 13.2 Å². The quantitative estimate of drug-likeness (QED) is 0.380. The van der Waals surface area contributed by atoms with E-state index in [-0.39, 0.29) is 12.2 Å². The van der Waals surface area contributed by atoms with Crippen molar-refractivity contribution in [1.82, 2.24) is 0 Å². The number of epoxide rings is 2. The third kappa shape index (κ3) is 3.67. The molecule has 10 aliphatic rings. The Balaban J connectivity index is 1.21. The molecule has 1 aromatic rings. The van der Waals surface area contributed by atoms with Gasteiger partial charge in [-0.15, -0.1) is 0 Å². The lowest BCUT2D eigenvalue weighted by molar-refractivity contribution is -0.0106. The minimum Gasteiger partial charge on any atom is -0.490 e. The van der Waals surface area contributed by atoms with Crippen LogP contribution in [0.1, 0.15) is 93.7 Å². The monoisotopic (exact) mass is 504 g/mol. The summed E-state index contributed by atoms with van der Waals surface area (Å²) < 4.78 is 24.6. The second-order valence-corrected chi connectivity index (χ2v) is 15.2. The summed E-state index contributed by atoms with van der Waals surface area (Å²) in [6.07, 6.45) is 17.7. The van der Waals surface area contributed by atoms with E-state index in [0.29, 0.717) is 24.0 Å². The van der Waals surface area contributed by atoms with Crippen molar-refractivity contribution in [2.24, 2.45) is 35.5 Å². The van der Waals surface area contributed by atoms with Crippen LogP contribution in [0.25, 0.3) is 0 Å². The zero-order chi connectivity index (χ0) is 24.4. The fourth-order valence-corrected chi connectivity index (χ4v) is 11.8. The summed E-state index contributed by atoms with van der Waals surface area (Å²) in [5.74, 6) is 7.83. The molecular formula is C33H44O4. The van der Waals surface area contributed by atoms with Gasteiger partial charge < -0.3 is 18.9 Å². The standard InChI is InChI=1S/C33H44O4/c1-19-30(32-9-20-2-21(10-32)4-22(3-20)11-32)28(36-17-26-15-34-26)8-29(37-18-27-16-35-27)31(19)33-12-23-5-24(13-33)7-25(6-23)14-33/h8,20-27H,2-7,9-18H2,1H3. The van der Waals surface area contributed by atoms with Crippen LogP contribution in [0.3, 0.4) is 0 Å². The van der Waals surface area contributed by atoms with E-state index in [9.17, 15) is 0 Å². The average Bonchev–Trinajstić information content (AvgIpc) is 3.75. The Kier molecular flexibility index (Phi) is 4.82. The van der Waals surface area contributed by atoms with Gasteiger partial charge in [0.15, 0.2) is 0 Å². The second-order valence-electron chi connectivity index (χ2n) is 15.2. The highest BCUT2D eigenvalue weighted by Crippen LogP contribution is 2.66. The molecule has 200 valence electrons. The van der Waals surface area contributed by atoms with Crippen molar-refractivity contribution < 1.29 is 18.9 Å². The summed E-state index contributed by atoms with van der Waals surface area (Å²) in [6.45, 7) is 5.54. The van der Waals surface area contributed by atoms with Gasteiger partial charge in [-0.2, -0.15) is 0 Å². The van der Waals surface area contributed by atoms with Crippen LogP contribution in [0.2, 0.25) is 0 Å². The molecule has 8 saturated carbocycles. The van der Waals surface area contributed by atoms with Crippen molar-refractivity contribution in [2.45, 2.75) is 107 Å². The smallest absolute Gasteiger partial charge is 0.127 e. The first kappa shape index (κ1) is 22.5. The SMILES string of the molecule is Cc1c(C23CC4CC(CC(C4)C2)C3)c(OCC2CO2)cc(OCC2CO2)c1C12CC3CC(CC(C3)C1)C2. The Morgan fingerprint density at radius 1 is 0.622 bits per heavy atom. The van der Waals surface area contributed by atoms with E-state index in [1.54, 1.807) is 16.7 Å². The Morgan fingerprint density at radius 3 is 1.24 bits per heavy atom. The number of hydrogen-bond donors (Lipinski definition) is 0. The highest BCUT2D eigenvalue weighted by atomic mass is 16.6. The molecule has 2 heterocycles. The molecule has 0 N–H and O–H groups in total. The largest absolute Gasteiger partial charge is 0.490 e. The molecule has 2 aliphatic heterocycles.